The van der Waals surface area contributed by atoms with Crippen LogP contribution in [0.2, 0.25) is 0 Å². The Labute approximate surface area is 104 Å². The molecule has 0 radical (unpaired) electrons. The highest BCUT2D eigenvalue weighted by Gasteiger charge is 2.21. The van der Waals surface area contributed by atoms with Crippen LogP contribution >= 0.6 is 0 Å². The van der Waals surface area contributed by atoms with Crippen LogP contribution in [0.15, 0.2) is 23.2 Å². The van der Waals surface area contributed by atoms with Crippen molar-refractivity contribution in [2.45, 2.75) is 64.9 Å². The first-order valence-corrected chi connectivity index (χ1v) is 6.82. The summed E-state index contributed by atoms with van der Waals surface area (Å²) in [6, 6.07) is -0.319. The van der Waals surface area contributed by atoms with Crippen molar-refractivity contribution >= 4 is 0 Å². The van der Waals surface area contributed by atoms with Gasteiger partial charge in [-0.1, -0.05) is 11.6 Å². The molecule has 2 atom stereocenters. The second kappa shape index (κ2) is 5.70. The van der Waals surface area contributed by atoms with Gasteiger partial charge in [0.15, 0.2) is 0 Å². The van der Waals surface area contributed by atoms with E-state index < -0.39 is 0 Å². The Morgan fingerprint density at radius 1 is 1.24 bits per heavy atom. The van der Waals surface area contributed by atoms with Crippen molar-refractivity contribution in [1.82, 2.24) is 0 Å². The minimum Gasteiger partial charge on any atom is -0.468 e. The van der Waals surface area contributed by atoms with E-state index in [0.29, 0.717) is 0 Å². The summed E-state index contributed by atoms with van der Waals surface area (Å²) < 4.78 is 18.6. The molecule has 1 aliphatic carbocycles. The Morgan fingerprint density at radius 3 is 2.71 bits per heavy atom. The van der Waals surface area contributed by atoms with Crippen LogP contribution in [0.5, 0.6) is 0 Å². The first-order chi connectivity index (χ1) is 8.15. The average molecular weight is 238 g/mol. The fraction of sp³-hybridized carbons (Fsp3) is 0.733. The van der Waals surface area contributed by atoms with Crippen LogP contribution in [0.3, 0.4) is 0 Å². The van der Waals surface area contributed by atoms with Gasteiger partial charge < -0.3 is 4.74 Å². The molecule has 0 aromatic carbocycles. The molecular formula is C15H23FO. The van der Waals surface area contributed by atoms with Gasteiger partial charge in [0.05, 0.1) is 0 Å². The van der Waals surface area contributed by atoms with E-state index in [1.165, 1.54) is 31.3 Å². The van der Waals surface area contributed by atoms with Gasteiger partial charge in [0.25, 0.3) is 6.01 Å². The summed E-state index contributed by atoms with van der Waals surface area (Å²) in [6.07, 6.45) is 10.3. The predicted molar refractivity (Wildman–Crippen MR) is 68.2 cm³/mol. The SMILES string of the molecule is CC1=CCC(CCC2CCC(C)=C(F)O2)CC1. The molecule has 2 aliphatic rings. The summed E-state index contributed by atoms with van der Waals surface area (Å²) in [5, 5.41) is 0. The maximum Gasteiger partial charge on any atom is 0.271 e. The lowest BCUT2D eigenvalue weighted by atomic mass is 9.86. The molecule has 0 fully saturated rings. The van der Waals surface area contributed by atoms with Crippen molar-refractivity contribution in [3.05, 3.63) is 23.2 Å². The highest BCUT2D eigenvalue weighted by atomic mass is 19.1. The summed E-state index contributed by atoms with van der Waals surface area (Å²) in [7, 11) is 0. The zero-order chi connectivity index (χ0) is 12.3. The summed E-state index contributed by atoms with van der Waals surface area (Å²) in [4.78, 5) is 0. The van der Waals surface area contributed by atoms with E-state index in [1.54, 1.807) is 0 Å². The molecule has 2 unspecified atom stereocenters. The molecule has 1 nitrogen and oxygen atoms in total. The molecule has 0 N–H and O–H groups in total. The topological polar surface area (TPSA) is 9.23 Å². The van der Waals surface area contributed by atoms with Crippen LogP contribution < -0.4 is 0 Å². The molecular weight excluding hydrogens is 215 g/mol. The molecule has 0 aromatic rings. The molecule has 0 saturated carbocycles. The Morgan fingerprint density at radius 2 is 2.06 bits per heavy atom. The first kappa shape index (κ1) is 12.7. The van der Waals surface area contributed by atoms with Gasteiger partial charge in [0.1, 0.15) is 6.10 Å². The van der Waals surface area contributed by atoms with E-state index in [2.05, 4.69) is 13.0 Å². The molecule has 0 spiro atoms. The van der Waals surface area contributed by atoms with Gasteiger partial charge in [-0.3, -0.25) is 0 Å². The third-order valence-corrected chi connectivity index (χ3v) is 4.09. The molecule has 1 heterocycles. The highest BCUT2D eigenvalue weighted by Crippen LogP contribution is 2.31. The fourth-order valence-electron chi connectivity index (χ4n) is 2.69. The average Bonchev–Trinajstić information content (AvgIpc) is 2.33. The Balaban J connectivity index is 1.73. The van der Waals surface area contributed by atoms with Crippen LogP contribution in [0, 0.1) is 5.92 Å². The maximum absolute atomic E-state index is 13.3. The predicted octanol–water partition coefficient (Wildman–Crippen LogP) is 4.89. The normalized spacial score (nSPS) is 29.9. The molecule has 96 valence electrons. The second-order valence-electron chi connectivity index (χ2n) is 5.60. The Kier molecular flexibility index (Phi) is 4.25. The van der Waals surface area contributed by atoms with E-state index in [0.717, 1.165) is 30.8 Å². The lowest BCUT2D eigenvalue weighted by Gasteiger charge is -2.26. The Bertz CT molecular complexity index is 330. The quantitative estimate of drug-likeness (QED) is 0.636. The molecule has 0 aromatic heterocycles. The van der Waals surface area contributed by atoms with E-state index >= 15 is 0 Å². The summed E-state index contributed by atoms with van der Waals surface area (Å²) in [5.41, 5.74) is 2.30. The molecule has 0 amide bonds. The summed E-state index contributed by atoms with van der Waals surface area (Å²) in [6.45, 7) is 4.03. The lowest BCUT2D eigenvalue weighted by Crippen LogP contribution is -2.18. The zero-order valence-corrected chi connectivity index (χ0v) is 11.0. The van der Waals surface area contributed by atoms with Crippen molar-refractivity contribution < 1.29 is 9.13 Å². The van der Waals surface area contributed by atoms with Crippen LogP contribution in [-0.4, -0.2) is 6.10 Å². The monoisotopic (exact) mass is 238 g/mol. The molecule has 0 saturated heterocycles. The third kappa shape index (κ3) is 3.58. The highest BCUT2D eigenvalue weighted by molar-refractivity contribution is 5.04. The number of rotatable bonds is 3. The fourth-order valence-corrected chi connectivity index (χ4v) is 2.69. The lowest BCUT2D eigenvalue weighted by molar-refractivity contribution is 0.0353. The van der Waals surface area contributed by atoms with Gasteiger partial charge in [-0.2, -0.15) is 4.39 Å². The van der Waals surface area contributed by atoms with E-state index in [4.69, 9.17) is 4.74 Å². The molecule has 0 bridgehead atoms. The zero-order valence-electron chi connectivity index (χ0n) is 11.0. The van der Waals surface area contributed by atoms with Gasteiger partial charge >= 0.3 is 0 Å². The minimum absolute atomic E-state index is 0.116. The van der Waals surface area contributed by atoms with Gasteiger partial charge in [0, 0.05) is 0 Å². The third-order valence-electron chi connectivity index (χ3n) is 4.09. The van der Waals surface area contributed by atoms with Crippen LogP contribution in [0.4, 0.5) is 4.39 Å². The van der Waals surface area contributed by atoms with Crippen molar-refractivity contribution in [3.63, 3.8) is 0 Å². The van der Waals surface area contributed by atoms with E-state index in [1.807, 2.05) is 6.92 Å². The summed E-state index contributed by atoms with van der Waals surface area (Å²) >= 11 is 0. The van der Waals surface area contributed by atoms with Crippen LogP contribution in [0.1, 0.15) is 58.8 Å². The second-order valence-corrected chi connectivity index (χ2v) is 5.60. The van der Waals surface area contributed by atoms with Crippen LogP contribution in [-0.2, 0) is 4.74 Å². The summed E-state index contributed by atoms with van der Waals surface area (Å²) in [5.74, 6) is 0.789. The molecule has 17 heavy (non-hydrogen) atoms. The number of hydrogen-bond donors (Lipinski definition) is 0. The maximum atomic E-state index is 13.3. The van der Waals surface area contributed by atoms with Crippen molar-refractivity contribution in [3.8, 4) is 0 Å². The largest absolute Gasteiger partial charge is 0.468 e. The Hall–Kier alpha value is -0.790. The van der Waals surface area contributed by atoms with Gasteiger partial charge in [0.2, 0.25) is 0 Å². The molecule has 2 rings (SSSR count). The number of halogens is 1. The van der Waals surface area contributed by atoms with Gasteiger partial charge in [-0.05, 0) is 70.3 Å². The van der Waals surface area contributed by atoms with E-state index in [9.17, 15) is 4.39 Å². The number of hydrogen-bond acceptors (Lipinski definition) is 1. The molecule has 2 heteroatoms. The number of allylic oxidation sites excluding steroid dienone is 3. The first-order valence-electron chi connectivity index (χ1n) is 6.82. The van der Waals surface area contributed by atoms with Crippen molar-refractivity contribution in [2.75, 3.05) is 0 Å². The number of ether oxygens (including phenoxy) is 1. The van der Waals surface area contributed by atoms with Crippen molar-refractivity contribution in [1.29, 1.82) is 0 Å². The van der Waals surface area contributed by atoms with Gasteiger partial charge in [-0.25, -0.2) is 0 Å². The van der Waals surface area contributed by atoms with E-state index in [-0.39, 0.29) is 12.1 Å². The molecule has 1 aliphatic heterocycles. The van der Waals surface area contributed by atoms with Gasteiger partial charge in [-0.15, -0.1) is 0 Å². The standard InChI is InChI=1S/C15H23FO/c1-11-3-6-13(7-4-11)8-10-14-9-5-12(2)15(16)17-14/h3,13-14H,4-10H2,1-2H3. The van der Waals surface area contributed by atoms with Crippen molar-refractivity contribution in [2.24, 2.45) is 5.92 Å². The minimum atomic E-state index is -0.319. The smallest absolute Gasteiger partial charge is 0.271 e. The van der Waals surface area contributed by atoms with Crippen LogP contribution in [0.25, 0.3) is 0 Å².